The summed E-state index contributed by atoms with van der Waals surface area (Å²) in [5, 5.41) is 0. The number of rotatable bonds is 4. The fraction of sp³-hybridized carbons (Fsp3) is 0.444. The van der Waals surface area contributed by atoms with Gasteiger partial charge in [0.1, 0.15) is 17.7 Å². The predicted octanol–water partition coefficient (Wildman–Crippen LogP) is 3.49. The minimum absolute atomic E-state index is 0. The first-order chi connectivity index (χ1) is 11.0. The Kier molecular flexibility index (Phi) is 5.54. The zero-order valence-electron chi connectivity index (χ0n) is 14.4. The number of fused-ring (bicyclic) bond motifs is 1. The van der Waals surface area contributed by atoms with Gasteiger partial charge in [-0.05, 0) is 24.5 Å². The van der Waals surface area contributed by atoms with E-state index in [0.717, 1.165) is 24.2 Å². The molecule has 0 spiro atoms. The zero-order chi connectivity index (χ0) is 16.6. The van der Waals surface area contributed by atoms with Gasteiger partial charge in [-0.1, -0.05) is 32.4 Å². The van der Waals surface area contributed by atoms with E-state index < -0.39 is 0 Å². The van der Waals surface area contributed by atoms with Gasteiger partial charge in [-0.25, -0.2) is 4.98 Å². The molecule has 3 rings (SSSR count). The highest BCUT2D eigenvalue weighted by Gasteiger charge is 2.30. The van der Waals surface area contributed by atoms with Gasteiger partial charge in [-0.2, -0.15) is 4.98 Å². The lowest BCUT2D eigenvalue weighted by Crippen LogP contribution is -2.10. The van der Waals surface area contributed by atoms with Gasteiger partial charge in [-0.3, -0.25) is 0 Å². The van der Waals surface area contributed by atoms with Gasteiger partial charge in [0.25, 0.3) is 0 Å². The molecule has 4 N–H and O–H groups in total. The molecule has 2 aromatic rings. The summed E-state index contributed by atoms with van der Waals surface area (Å²) in [4.78, 5) is 8.10. The molecule has 0 saturated carbocycles. The summed E-state index contributed by atoms with van der Waals surface area (Å²) in [5.41, 5.74) is 16.3. The molecule has 0 radical (unpaired) electrons. The fourth-order valence-corrected chi connectivity index (χ4v) is 3.15. The van der Waals surface area contributed by atoms with Crippen LogP contribution in [0.5, 0.6) is 5.75 Å². The van der Waals surface area contributed by atoms with E-state index in [0.29, 0.717) is 18.2 Å². The number of aryl methyl sites for hydroxylation is 1. The average Bonchev–Trinajstić information content (AvgIpc) is 2.79. The van der Waals surface area contributed by atoms with Crippen LogP contribution >= 0.6 is 12.4 Å². The topological polar surface area (TPSA) is 87.0 Å². The fourth-order valence-electron chi connectivity index (χ4n) is 3.15. The molecule has 2 heterocycles. The van der Waals surface area contributed by atoms with Crippen LogP contribution in [0.25, 0.3) is 0 Å². The Morgan fingerprint density at radius 2 is 1.92 bits per heavy atom. The molecule has 5 nitrogen and oxygen atoms in total. The Balaban J connectivity index is 0.00000208. The van der Waals surface area contributed by atoms with Crippen LogP contribution in [0.2, 0.25) is 0 Å². The van der Waals surface area contributed by atoms with E-state index in [1.165, 1.54) is 16.7 Å². The van der Waals surface area contributed by atoms with Crippen molar-refractivity contribution in [1.82, 2.24) is 9.97 Å². The van der Waals surface area contributed by atoms with Gasteiger partial charge in [0.05, 0.1) is 0 Å². The number of nitrogens with two attached hydrogens (primary N) is 2. The van der Waals surface area contributed by atoms with E-state index >= 15 is 0 Å². The van der Waals surface area contributed by atoms with Crippen LogP contribution in [0, 0.1) is 0 Å². The molecule has 0 fully saturated rings. The number of hydrogen-bond donors (Lipinski definition) is 2. The standard InChI is InChI=1S/C18H24N4O.ClH/c1-4-5-13-6-12(7-14-9-21-18(20)22-17(14)19)8-15-10(2)11(3)23-16(13)15;/h6,8-11H,4-5,7H2,1-3H3,(H4,19,20,21,22);1H. The molecule has 130 valence electrons. The monoisotopic (exact) mass is 348 g/mol. The quantitative estimate of drug-likeness (QED) is 0.883. The van der Waals surface area contributed by atoms with E-state index in [1.54, 1.807) is 6.20 Å². The third-order valence-electron chi connectivity index (χ3n) is 4.58. The van der Waals surface area contributed by atoms with Gasteiger partial charge in [0.2, 0.25) is 5.95 Å². The van der Waals surface area contributed by atoms with E-state index in [-0.39, 0.29) is 24.5 Å². The highest BCUT2D eigenvalue weighted by molar-refractivity contribution is 5.85. The number of anilines is 2. The van der Waals surface area contributed by atoms with Crippen LogP contribution in [-0.2, 0) is 12.8 Å². The van der Waals surface area contributed by atoms with E-state index in [9.17, 15) is 0 Å². The van der Waals surface area contributed by atoms with Crippen molar-refractivity contribution in [3.05, 3.63) is 40.6 Å². The maximum atomic E-state index is 6.08. The highest BCUT2D eigenvalue weighted by atomic mass is 35.5. The number of benzene rings is 1. The molecule has 6 heteroatoms. The normalized spacial score (nSPS) is 18.6. The minimum atomic E-state index is 0. The molecular weight excluding hydrogens is 324 g/mol. The van der Waals surface area contributed by atoms with Crippen molar-refractivity contribution < 1.29 is 4.74 Å². The van der Waals surface area contributed by atoms with Crippen LogP contribution in [0.4, 0.5) is 11.8 Å². The van der Waals surface area contributed by atoms with Gasteiger partial charge in [-0.15, -0.1) is 12.4 Å². The average molecular weight is 349 g/mol. The Morgan fingerprint density at radius 1 is 1.17 bits per heavy atom. The van der Waals surface area contributed by atoms with Crippen molar-refractivity contribution in [2.75, 3.05) is 11.5 Å². The Labute approximate surface area is 149 Å². The largest absolute Gasteiger partial charge is 0.490 e. The third-order valence-corrected chi connectivity index (χ3v) is 4.58. The van der Waals surface area contributed by atoms with Crippen molar-refractivity contribution in [2.45, 2.75) is 52.1 Å². The summed E-state index contributed by atoms with van der Waals surface area (Å²) in [7, 11) is 0. The molecule has 1 aliphatic heterocycles. The van der Waals surface area contributed by atoms with Gasteiger partial charge >= 0.3 is 0 Å². The second kappa shape index (κ2) is 7.26. The maximum absolute atomic E-state index is 6.08. The second-order valence-electron chi connectivity index (χ2n) is 6.35. The summed E-state index contributed by atoms with van der Waals surface area (Å²) in [6, 6.07) is 4.46. The van der Waals surface area contributed by atoms with Crippen molar-refractivity contribution in [3.63, 3.8) is 0 Å². The van der Waals surface area contributed by atoms with Crippen LogP contribution in [0.3, 0.4) is 0 Å². The van der Waals surface area contributed by atoms with Crippen LogP contribution in [-0.4, -0.2) is 16.1 Å². The summed E-state index contributed by atoms with van der Waals surface area (Å²) < 4.78 is 6.08. The zero-order valence-corrected chi connectivity index (χ0v) is 15.2. The third kappa shape index (κ3) is 3.41. The number of aromatic nitrogens is 2. The number of ether oxygens (including phenoxy) is 1. The molecule has 0 bridgehead atoms. The molecule has 1 aromatic heterocycles. The van der Waals surface area contributed by atoms with E-state index in [1.807, 2.05) is 0 Å². The summed E-state index contributed by atoms with van der Waals surface area (Å²) in [6.45, 7) is 6.54. The summed E-state index contributed by atoms with van der Waals surface area (Å²) in [5.74, 6) is 2.15. The summed E-state index contributed by atoms with van der Waals surface area (Å²) in [6.07, 6.45) is 4.75. The first-order valence-corrected chi connectivity index (χ1v) is 8.18. The first kappa shape index (κ1) is 18.3. The van der Waals surface area contributed by atoms with Crippen molar-refractivity contribution in [3.8, 4) is 5.75 Å². The number of nitrogens with zero attached hydrogens (tertiary/aromatic N) is 2. The Morgan fingerprint density at radius 3 is 2.58 bits per heavy atom. The van der Waals surface area contributed by atoms with Crippen molar-refractivity contribution in [1.29, 1.82) is 0 Å². The smallest absolute Gasteiger partial charge is 0.221 e. The molecule has 0 aliphatic carbocycles. The summed E-state index contributed by atoms with van der Waals surface area (Å²) >= 11 is 0. The predicted molar refractivity (Wildman–Crippen MR) is 99.9 cm³/mol. The lowest BCUT2D eigenvalue weighted by atomic mass is 9.92. The molecule has 2 atom stereocenters. The molecular formula is C18H25ClN4O. The first-order valence-electron chi connectivity index (χ1n) is 8.18. The Hall–Kier alpha value is -2.01. The number of halogens is 1. The molecule has 0 amide bonds. The second-order valence-corrected chi connectivity index (χ2v) is 6.35. The molecule has 24 heavy (non-hydrogen) atoms. The van der Waals surface area contributed by atoms with E-state index in [4.69, 9.17) is 16.2 Å². The minimum Gasteiger partial charge on any atom is -0.490 e. The van der Waals surface area contributed by atoms with Crippen LogP contribution < -0.4 is 16.2 Å². The molecule has 2 unspecified atom stereocenters. The molecule has 1 aromatic carbocycles. The SMILES string of the molecule is CCCc1cc(Cc2cnc(N)nc2N)cc2c1OC(C)C2C.Cl. The van der Waals surface area contributed by atoms with Crippen LogP contribution in [0.1, 0.15) is 55.4 Å². The van der Waals surface area contributed by atoms with E-state index in [2.05, 4.69) is 42.9 Å². The van der Waals surface area contributed by atoms with Gasteiger partial charge < -0.3 is 16.2 Å². The maximum Gasteiger partial charge on any atom is 0.221 e. The highest BCUT2D eigenvalue weighted by Crippen LogP contribution is 2.42. The molecule has 1 aliphatic rings. The van der Waals surface area contributed by atoms with Crippen LogP contribution in [0.15, 0.2) is 18.3 Å². The van der Waals surface area contributed by atoms with Crippen molar-refractivity contribution in [2.24, 2.45) is 0 Å². The number of hydrogen-bond acceptors (Lipinski definition) is 5. The Bertz CT molecular complexity index is 735. The van der Waals surface area contributed by atoms with Gasteiger partial charge in [0, 0.05) is 29.7 Å². The van der Waals surface area contributed by atoms with Crippen molar-refractivity contribution >= 4 is 24.2 Å². The van der Waals surface area contributed by atoms with Gasteiger partial charge in [0.15, 0.2) is 0 Å². The number of nitrogen functional groups attached to an aromatic ring is 2. The lowest BCUT2D eigenvalue weighted by molar-refractivity contribution is 0.230. The molecule has 0 saturated heterocycles. The lowest BCUT2D eigenvalue weighted by Gasteiger charge is -2.12.